The molecule has 0 radical (unpaired) electrons. The molecule has 3 rings (SSSR count). The molecule has 0 spiro atoms. The molecule has 27 heavy (non-hydrogen) atoms. The van der Waals surface area contributed by atoms with E-state index in [2.05, 4.69) is 5.32 Å². The standard InChI is InChI=1S/C22H28N2O2.ClH/c23-21(18-9-3-1-4-10-18)15-22(25)24-19-11-7-8-17(14-19)16-26-20-12-5-2-6-13-20;/h1,3-4,7-11,14,20-21H,2,5-6,12-13,15-16,23H2,(H,24,25);1H. The lowest BCUT2D eigenvalue weighted by molar-refractivity contribution is -0.116. The van der Waals surface area contributed by atoms with Crippen LogP contribution in [0.1, 0.15) is 55.7 Å². The Kier molecular flexibility index (Phi) is 8.79. The Bertz CT molecular complexity index is 702. The molecule has 1 saturated carbocycles. The first kappa shape index (κ1) is 21.4. The lowest BCUT2D eigenvalue weighted by Crippen LogP contribution is -2.20. The summed E-state index contributed by atoms with van der Waals surface area (Å²) in [6.45, 7) is 0.595. The van der Waals surface area contributed by atoms with Gasteiger partial charge >= 0.3 is 0 Å². The maximum atomic E-state index is 12.3. The smallest absolute Gasteiger partial charge is 0.226 e. The van der Waals surface area contributed by atoms with Crippen molar-refractivity contribution in [3.8, 4) is 0 Å². The Hall–Kier alpha value is -1.88. The van der Waals surface area contributed by atoms with Gasteiger partial charge in [0.25, 0.3) is 0 Å². The summed E-state index contributed by atoms with van der Waals surface area (Å²) in [7, 11) is 0. The highest BCUT2D eigenvalue weighted by atomic mass is 35.5. The number of hydrogen-bond donors (Lipinski definition) is 2. The fourth-order valence-electron chi connectivity index (χ4n) is 3.41. The van der Waals surface area contributed by atoms with Gasteiger partial charge in [-0.1, -0.05) is 61.7 Å². The van der Waals surface area contributed by atoms with Gasteiger partial charge in [0.2, 0.25) is 5.91 Å². The van der Waals surface area contributed by atoms with Gasteiger partial charge in [-0.2, -0.15) is 0 Å². The van der Waals surface area contributed by atoms with Gasteiger partial charge in [0, 0.05) is 18.2 Å². The first-order valence-electron chi connectivity index (χ1n) is 9.51. The van der Waals surface area contributed by atoms with Crippen LogP contribution in [-0.2, 0) is 16.1 Å². The maximum absolute atomic E-state index is 12.3. The molecule has 1 fully saturated rings. The number of carbonyl (C=O) groups excluding carboxylic acids is 1. The van der Waals surface area contributed by atoms with E-state index in [9.17, 15) is 4.79 Å². The van der Waals surface area contributed by atoms with Crippen LogP contribution in [0.25, 0.3) is 0 Å². The number of nitrogens with two attached hydrogens (primary N) is 1. The molecule has 0 aromatic heterocycles. The first-order valence-corrected chi connectivity index (χ1v) is 9.51. The number of hydrogen-bond acceptors (Lipinski definition) is 3. The summed E-state index contributed by atoms with van der Waals surface area (Å²) >= 11 is 0. The third-order valence-electron chi connectivity index (χ3n) is 4.88. The largest absolute Gasteiger partial charge is 0.374 e. The predicted octanol–water partition coefficient (Wildman–Crippen LogP) is 4.99. The molecule has 146 valence electrons. The number of ether oxygens (including phenoxy) is 1. The van der Waals surface area contributed by atoms with Gasteiger partial charge in [-0.05, 0) is 36.1 Å². The van der Waals surface area contributed by atoms with Gasteiger partial charge < -0.3 is 15.8 Å². The number of rotatable bonds is 7. The topological polar surface area (TPSA) is 64.4 Å². The summed E-state index contributed by atoms with van der Waals surface area (Å²) < 4.78 is 6.02. The van der Waals surface area contributed by atoms with Crippen LogP contribution >= 0.6 is 12.4 Å². The zero-order valence-corrected chi connectivity index (χ0v) is 16.4. The molecule has 5 heteroatoms. The van der Waals surface area contributed by atoms with Crippen molar-refractivity contribution in [3.05, 3.63) is 65.7 Å². The van der Waals surface area contributed by atoms with Gasteiger partial charge in [-0.3, -0.25) is 4.79 Å². The van der Waals surface area contributed by atoms with Crippen LogP contribution in [0.4, 0.5) is 5.69 Å². The summed E-state index contributed by atoms with van der Waals surface area (Å²) in [6, 6.07) is 17.3. The van der Waals surface area contributed by atoms with E-state index >= 15 is 0 Å². The molecule has 1 unspecified atom stereocenters. The Balaban J connectivity index is 0.00000261. The highest BCUT2D eigenvalue weighted by Crippen LogP contribution is 2.22. The summed E-state index contributed by atoms with van der Waals surface area (Å²) in [5.41, 5.74) is 8.97. The van der Waals surface area contributed by atoms with E-state index in [1.165, 1.54) is 19.3 Å². The monoisotopic (exact) mass is 388 g/mol. The van der Waals surface area contributed by atoms with Gasteiger partial charge in [0.1, 0.15) is 0 Å². The summed E-state index contributed by atoms with van der Waals surface area (Å²) in [5, 5.41) is 2.95. The molecule has 4 nitrogen and oxygen atoms in total. The minimum atomic E-state index is -0.297. The van der Waals surface area contributed by atoms with Crippen LogP contribution in [0, 0.1) is 0 Å². The Morgan fingerprint density at radius 3 is 2.56 bits per heavy atom. The maximum Gasteiger partial charge on any atom is 0.226 e. The molecule has 1 aliphatic carbocycles. The average molecular weight is 389 g/mol. The zero-order valence-electron chi connectivity index (χ0n) is 15.6. The van der Waals surface area contributed by atoms with E-state index in [1.54, 1.807) is 0 Å². The van der Waals surface area contributed by atoms with Gasteiger partial charge in [0.05, 0.1) is 12.7 Å². The third-order valence-corrected chi connectivity index (χ3v) is 4.88. The summed E-state index contributed by atoms with van der Waals surface area (Å²) in [6.07, 6.45) is 6.82. The van der Waals surface area contributed by atoms with Gasteiger partial charge in [-0.15, -0.1) is 12.4 Å². The minimum Gasteiger partial charge on any atom is -0.374 e. The molecule has 0 aliphatic heterocycles. The second kappa shape index (κ2) is 11.1. The highest BCUT2D eigenvalue weighted by molar-refractivity contribution is 5.91. The Morgan fingerprint density at radius 2 is 1.81 bits per heavy atom. The first-order chi connectivity index (χ1) is 12.7. The van der Waals surface area contributed by atoms with E-state index < -0.39 is 0 Å². The van der Waals surface area contributed by atoms with Gasteiger partial charge in [-0.25, -0.2) is 0 Å². The number of amides is 1. The van der Waals surface area contributed by atoms with E-state index in [1.807, 2.05) is 54.6 Å². The van der Waals surface area contributed by atoms with Crippen molar-refractivity contribution in [1.82, 2.24) is 0 Å². The van der Waals surface area contributed by atoms with Crippen molar-refractivity contribution < 1.29 is 9.53 Å². The SMILES string of the molecule is Cl.NC(CC(=O)Nc1cccc(COC2CCCCC2)c1)c1ccccc1. The molecular formula is C22H29ClN2O2. The highest BCUT2D eigenvalue weighted by Gasteiger charge is 2.14. The normalized spacial score (nSPS) is 15.6. The van der Waals surface area contributed by atoms with Crippen LogP contribution in [0.3, 0.4) is 0 Å². The zero-order chi connectivity index (χ0) is 18.2. The van der Waals surface area contributed by atoms with Crippen molar-refractivity contribution in [2.24, 2.45) is 5.73 Å². The van der Waals surface area contributed by atoms with Crippen LogP contribution in [0.15, 0.2) is 54.6 Å². The van der Waals surface area contributed by atoms with Crippen molar-refractivity contribution in [1.29, 1.82) is 0 Å². The number of carbonyl (C=O) groups is 1. The molecule has 0 saturated heterocycles. The van der Waals surface area contributed by atoms with E-state index in [4.69, 9.17) is 10.5 Å². The van der Waals surface area contributed by atoms with Crippen molar-refractivity contribution in [3.63, 3.8) is 0 Å². The predicted molar refractivity (Wildman–Crippen MR) is 112 cm³/mol. The van der Waals surface area contributed by atoms with E-state index in [-0.39, 0.29) is 30.8 Å². The third kappa shape index (κ3) is 6.98. The molecule has 2 aromatic carbocycles. The van der Waals surface area contributed by atoms with Crippen molar-refractivity contribution in [2.45, 2.75) is 57.3 Å². The van der Waals surface area contributed by atoms with Crippen molar-refractivity contribution in [2.75, 3.05) is 5.32 Å². The lowest BCUT2D eigenvalue weighted by Gasteiger charge is -2.22. The second-order valence-electron chi connectivity index (χ2n) is 7.04. The van der Waals surface area contributed by atoms with Crippen LogP contribution < -0.4 is 11.1 Å². The van der Waals surface area contributed by atoms with Crippen LogP contribution in [0.2, 0.25) is 0 Å². The van der Waals surface area contributed by atoms with Gasteiger partial charge in [0.15, 0.2) is 0 Å². The van der Waals surface area contributed by atoms with Crippen LogP contribution in [0.5, 0.6) is 0 Å². The van der Waals surface area contributed by atoms with Crippen LogP contribution in [-0.4, -0.2) is 12.0 Å². The Labute approximate surface area is 167 Å². The van der Waals surface area contributed by atoms with Crippen molar-refractivity contribution >= 4 is 24.0 Å². The molecule has 1 atom stereocenters. The Morgan fingerprint density at radius 1 is 1.07 bits per heavy atom. The molecule has 2 aromatic rings. The molecule has 0 heterocycles. The molecule has 1 amide bonds. The molecule has 0 bridgehead atoms. The van der Waals surface area contributed by atoms with E-state index in [0.29, 0.717) is 12.7 Å². The number of nitrogens with one attached hydrogen (secondary N) is 1. The number of halogens is 1. The second-order valence-corrected chi connectivity index (χ2v) is 7.04. The van der Waals surface area contributed by atoms with E-state index in [0.717, 1.165) is 29.7 Å². The molecule has 3 N–H and O–H groups in total. The molecule has 1 aliphatic rings. The lowest BCUT2D eigenvalue weighted by atomic mass is 9.98. The fraction of sp³-hybridized carbons (Fsp3) is 0.409. The molecular weight excluding hydrogens is 360 g/mol. The fourth-order valence-corrected chi connectivity index (χ4v) is 3.41. The minimum absolute atomic E-state index is 0. The number of anilines is 1. The average Bonchev–Trinajstić information content (AvgIpc) is 2.68. The number of benzene rings is 2. The summed E-state index contributed by atoms with van der Waals surface area (Å²) in [5.74, 6) is -0.0771. The summed E-state index contributed by atoms with van der Waals surface area (Å²) in [4.78, 5) is 12.3. The quantitative estimate of drug-likeness (QED) is 0.702.